The molecule has 4 nitrogen and oxygen atoms in total. The zero-order valence-corrected chi connectivity index (χ0v) is 21.4. The van der Waals surface area contributed by atoms with E-state index >= 15 is 0 Å². The zero-order valence-electron chi connectivity index (χ0n) is 21.4. The van der Waals surface area contributed by atoms with Gasteiger partial charge in [-0.1, -0.05) is 129 Å². The van der Waals surface area contributed by atoms with Crippen molar-refractivity contribution in [3.63, 3.8) is 0 Å². The molecule has 0 aromatic carbocycles. The molecule has 0 aliphatic rings. The number of H-pyrrole nitrogens is 1. The molecule has 0 saturated heterocycles. The number of esters is 1. The standard InChI is InChI=1S/C28H52N2O2/c1-3-5-7-9-11-13-14-15-16-18-20-22-24-32-28(31)27-29-25-26(30-27)23-21-19-17-12-10-8-6-4-2/h25H,3-24H2,1-2H3,(H,29,30). The molecule has 1 heterocycles. The molecule has 1 aromatic heterocycles. The first kappa shape index (κ1) is 28.7. The van der Waals surface area contributed by atoms with Crippen molar-refractivity contribution < 1.29 is 9.53 Å². The summed E-state index contributed by atoms with van der Waals surface area (Å²) >= 11 is 0. The molecule has 4 heteroatoms. The molecule has 0 aliphatic heterocycles. The second-order valence-electron chi connectivity index (χ2n) is 9.51. The summed E-state index contributed by atoms with van der Waals surface area (Å²) in [7, 11) is 0. The minimum absolute atomic E-state index is 0.310. The lowest BCUT2D eigenvalue weighted by molar-refractivity contribution is 0.0484. The summed E-state index contributed by atoms with van der Waals surface area (Å²) in [6, 6.07) is 0. The minimum Gasteiger partial charge on any atom is -0.460 e. The van der Waals surface area contributed by atoms with Crippen LogP contribution in [0.2, 0.25) is 0 Å². The fourth-order valence-electron chi connectivity index (χ4n) is 4.22. The van der Waals surface area contributed by atoms with E-state index in [-0.39, 0.29) is 5.97 Å². The van der Waals surface area contributed by atoms with Gasteiger partial charge in [-0.2, -0.15) is 0 Å². The molecule has 1 aromatic rings. The van der Waals surface area contributed by atoms with Gasteiger partial charge in [0.25, 0.3) is 0 Å². The number of aryl methyl sites for hydroxylation is 1. The quantitative estimate of drug-likeness (QED) is 0.134. The molecule has 186 valence electrons. The smallest absolute Gasteiger partial charge is 0.374 e. The van der Waals surface area contributed by atoms with Crippen molar-refractivity contribution in [3.8, 4) is 0 Å². The lowest BCUT2D eigenvalue weighted by Crippen LogP contribution is -2.08. The van der Waals surface area contributed by atoms with Crippen LogP contribution in [0.15, 0.2) is 6.20 Å². The number of ether oxygens (including phenoxy) is 1. The van der Waals surface area contributed by atoms with Crippen LogP contribution in [0, 0.1) is 0 Å². The Kier molecular flexibility index (Phi) is 19.3. The Labute approximate surface area is 198 Å². The summed E-state index contributed by atoms with van der Waals surface area (Å²) in [4.78, 5) is 19.5. The Morgan fingerprint density at radius 1 is 0.688 bits per heavy atom. The number of hydrogen-bond donors (Lipinski definition) is 1. The van der Waals surface area contributed by atoms with Gasteiger partial charge < -0.3 is 9.72 Å². The van der Waals surface area contributed by atoms with Crippen LogP contribution in [-0.2, 0) is 11.2 Å². The maximum Gasteiger partial charge on any atom is 0.374 e. The van der Waals surface area contributed by atoms with Crippen LogP contribution in [0.3, 0.4) is 0 Å². The number of nitrogens with zero attached hydrogens (tertiary/aromatic N) is 1. The molecule has 0 fully saturated rings. The van der Waals surface area contributed by atoms with E-state index in [9.17, 15) is 4.79 Å². The van der Waals surface area contributed by atoms with Crippen LogP contribution in [0.1, 0.15) is 159 Å². The SMILES string of the molecule is CCCCCCCCCCCCCCOC(=O)c1ncc(CCCCCCCCCC)[nH]1. The van der Waals surface area contributed by atoms with Crippen LogP contribution in [-0.4, -0.2) is 22.5 Å². The summed E-state index contributed by atoms with van der Waals surface area (Å²) in [5.41, 5.74) is 1.05. The minimum atomic E-state index is -0.310. The van der Waals surface area contributed by atoms with Gasteiger partial charge in [-0.15, -0.1) is 0 Å². The molecular formula is C28H52N2O2. The van der Waals surface area contributed by atoms with Gasteiger partial charge in [0, 0.05) is 11.9 Å². The van der Waals surface area contributed by atoms with Crippen LogP contribution in [0.4, 0.5) is 0 Å². The van der Waals surface area contributed by atoms with Crippen molar-refractivity contribution in [1.29, 1.82) is 0 Å². The molecule has 1 N–H and O–H groups in total. The molecule has 0 atom stereocenters. The topological polar surface area (TPSA) is 55.0 Å². The molecule has 0 amide bonds. The molecule has 32 heavy (non-hydrogen) atoms. The predicted molar refractivity (Wildman–Crippen MR) is 136 cm³/mol. The monoisotopic (exact) mass is 448 g/mol. The van der Waals surface area contributed by atoms with E-state index in [2.05, 4.69) is 23.8 Å². The summed E-state index contributed by atoms with van der Waals surface area (Å²) in [5.74, 6) is 0.0498. The Morgan fingerprint density at radius 3 is 1.62 bits per heavy atom. The number of unbranched alkanes of at least 4 members (excludes halogenated alkanes) is 18. The Bertz CT molecular complexity index is 541. The molecule has 0 radical (unpaired) electrons. The Hall–Kier alpha value is -1.32. The van der Waals surface area contributed by atoms with Gasteiger partial charge in [0.05, 0.1) is 6.61 Å². The second-order valence-corrected chi connectivity index (χ2v) is 9.51. The largest absolute Gasteiger partial charge is 0.460 e. The number of carbonyl (C=O) groups excluding carboxylic acids is 1. The molecule has 0 saturated carbocycles. The highest BCUT2D eigenvalue weighted by molar-refractivity contribution is 5.85. The van der Waals surface area contributed by atoms with Gasteiger partial charge in [-0.3, -0.25) is 0 Å². The Balaban J connectivity index is 1.93. The van der Waals surface area contributed by atoms with Crippen molar-refractivity contribution in [1.82, 2.24) is 9.97 Å². The highest BCUT2D eigenvalue weighted by atomic mass is 16.5. The van der Waals surface area contributed by atoms with Crippen LogP contribution in [0.5, 0.6) is 0 Å². The number of hydrogen-bond acceptors (Lipinski definition) is 3. The third kappa shape index (κ3) is 16.3. The number of nitrogens with one attached hydrogen (secondary N) is 1. The van der Waals surface area contributed by atoms with Crippen molar-refractivity contribution in [2.24, 2.45) is 0 Å². The van der Waals surface area contributed by atoms with Gasteiger partial charge in [-0.25, -0.2) is 9.78 Å². The van der Waals surface area contributed by atoms with Crippen LogP contribution < -0.4 is 0 Å². The first-order valence-electron chi connectivity index (χ1n) is 14.0. The van der Waals surface area contributed by atoms with E-state index < -0.39 is 0 Å². The maximum atomic E-state index is 12.1. The summed E-state index contributed by atoms with van der Waals surface area (Å²) in [6.07, 6.45) is 29.0. The molecule has 0 unspecified atom stereocenters. The van der Waals surface area contributed by atoms with Crippen molar-refractivity contribution >= 4 is 5.97 Å². The van der Waals surface area contributed by atoms with E-state index in [0.29, 0.717) is 12.4 Å². The van der Waals surface area contributed by atoms with Crippen molar-refractivity contribution in [2.45, 2.75) is 149 Å². The van der Waals surface area contributed by atoms with Gasteiger partial charge in [0.15, 0.2) is 0 Å². The van der Waals surface area contributed by atoms with Crippen LogP contribution >= 0.6 is 0 Å². The van der Waals surface area contributed by atoms with E-state index in [1.807, 2.05) is 0 Å². The number of imidazole rings is 1. The predicted octanol–water partition coefficient (Wildman–Crippen LogP) is 8.95. The number of aromatic amines is 1. The molecule has 0 aliphatic carbocycles. The first-order chi connectivity index (χ1) is 15.8. The number of aromatic nitrogens is 2. The second kappa shape index (κ2) is 21.5. The number of rotatable bonds is 23. The summed E-state index contributed by atoms with van der Waals surface area (Å²) < 4.78 is 5.39. The van der Waals surface area contributed by atoms with E-state index in [1.165, 1.54) is 109 Å². The Morgan fingerprint density at radius 2 is 1.12 bits per heavy atom. The molecule has 1 rings (SSSR count). The average Bonchev–Trinajstić information content (AvgIpc) is 3.27. The zero-order chi connectivity index (χ0) is 23.1. The highest BCUT2D eigenvalue weighted by Gasteiger charge is 2.11. The van der Waals surface area contributed by atoms with E-state index in [4.69, 9.17) is 4.74 Å². The fraction of sp³-hybridized carbons (Fsp3) is 0.857. The highest BCUT2D eigenvalue weighted by Crippen LogP contribution is 2.13. The van der Waals surface area contributed by atoms with Crippen molar-refractivity contribution in [3.05, 3.63) is 17.7 Å². The lowest BCUT2D eigenvalue weighted by atomic mass is 10.1. The summed E-state index contributed by atoms with van der Waals surface area (Å²) in [5, 5.41) is 0. The average molecular weight is 449 g/mol. The van der Waals surface area contributed by atoms with Gasteiger partial charge in [-0.05, 0) is 19.3 Å². The first-order valence-corrected chi connectivity index (χ1v) is 14.0. The summed E-state index contributed by atoms with van der Waals surface area (Å²) in [6.45, 7) is 5.03. The van der Waals surface area contributed by atoms with Gasteiger partial charge in [0.2, 0.25) is 5.82 Å². The third-order valence-electron chi connectivity index (χ3n) is 6.35. The van der Waals surface area contributed by atoms with Crippen molar-refractivity contribution in [2.75, 3.05) is 6.61 Å². The van der Waals surface area contributed by atoms with Gasteiger partial charge in [0.1, 0.15) is 0 Å². The van der Waals surface area contributed by atoms with Crippen LogP contribution in [0.25, 0.3) is 0 Å². The third-order valence-corrected chi connectivity index (χ3v) is 6.35. The fourth-order valence-corrected chi connectivity index (χ4v) is 4.22. The normalized spacial score (nSPS) is 11.2. The molecule has 0 spiro atoms. The maximum absolute atomic E-state index is 12.1. The molecular weight excluding hydrogens is 396 g/mol. The van der Waals surface area contributed by atoms with Gasteiger partial charge >= 0.3 is 5.97 Å². The lowest BCUT2D eigenvalue weighted by Gasteiger charge is -2.04. The molecule has 0 bridgehead atoms. The van der Waals surface area contributed by atoms with E-state index in [0.717, 1.165) is 31.4 Å². The van der Waals surface area contributed by atoms with E-state index in [1.54, 1.807) is 6.20 Å². The number of carbonyl (C=O) groups is 1.